The minimum absolute atomic E-state index is 0.0307. The van der Waals surface area contributed by atoms with Crippen LogP contribution in [0, 0.1) is 5.82 Å². The summed E-state index contributed by atoms with van der Waals surface area (Å²) in [6, 6.07) is 6.75. The zero-order chi connectivity index (χ0) is 14.2. The van der Waals surface area contributed by atoms with Crippen molar-refractivity contribution in [2.24, 2.45) is 5.73 Å². The Labute approximate surface area is 117 Å². The molecule has 0 radical (unpaired) electrons. The summed E-state index contributed by atoms with van der Waals surface area (Å²) < 4.78 is 18.9. The standard InChI is InChI=1S/C15H18FN3O/c1-10(9-11-5-2-3-6-12(11)16)13-18-14(19-20-13)15(17)7-4-8-15/h2-3,5-6,10H,4,7-9,17H2,1H3. The molecule has 106 valence electrons. The molecule has 1 unspecified atom stereocenters. The van der Waals surface area contributed by atoms with E-state index in [0.29, 0.717) is 23.7 Å². The first-order valence-corrected chi connectivity index (χ1v) is 6.95. The van der Waals surface area contributed by atoms with E-state index in [4.69, 9.17) is 10.3 Å². The van der Waals surface area contributed by atoms with Crippen LogP contribution in [-0.4, -0.2) is 10.1 Å². The summed E-state index contributed by atoms with van der Waals surface area (Å²) in [5.41, 5.74) is 6.41. The largest absolute Gasteiger partial charge is 0.339 e. The van der Waals surface area contributed by atoms with Crippen molar-refractivity contribution in [2.45, 2.75) is 44.1 Å². The summed E-state index contributed by atoms with van der Waals surface area (Å²) in [5, 5.41) is 3.99. The second-order valence-electron chi connectivity index (χ2n) is 5.66. The number of aromatic nitrogens is 2. The molecule has 1 heterocycles. The molecule has 3 rings (SSSR count). The van der Waals surface area contributed by atoms with Crippen LogP contribution in [0.3, 0.4) is 0 Å². The number of rotatable bonds is 4. The molecular weight excluding hydrogens is 257 g/mol. The molecule has 0 amide bonds. The molecule has 0 bridgehead atoms. The highest BCUT2D eigenvalue weighted by Gasteiger charge is 2.39. The molecule has 20 heavy (non-hydrogen) atoms. The predicted octanol–water partition coefficient (Wildman–Crippen LogP) is 2.89. The van der Waals surface area contributed by atoms with Gasteiger partial charge in [0.2, 0.25) is 5.89 Å². The number of nitrogens with zero attached hydrogens (tertiary/aromatic N) is 2. The van der Waals surface area contributed by atoms with E-state index in [1.165, 1.54) is 6.07 Å². The van der Waals surface area contributed by atoms with Crippen molar-refractivity contribution < 1.29 is 8.91 Å². The second-order valence-corrected chi connectivity index (χ2v) is 5.66. The highest BCUT2D eigenvalue weighted by atomic mass is 19.1. The zero-order valence-electron chi connectivity index (χ0n) is 11.5. The molecule has 4 nitrogen and oxygen atoms in total. The molecule has 0 saturated heterocycles. The van der Waals surface area contributed by atoms with Crippen molar-refractivity contribution in [2.75, 3.05) is 0 Å². The lowest BCUT2D eigenvalue weighted by Gasteiger charge is -2.34. The molecule has 2 aromatic rings. The summed E-state index contributed by atoms with van der Waals surface area (Å²) >= 11 is 0. The van der Waals surface area contributed by atoms with Crippen LogP contribution in [0.2, 0.25) is 0 Å². The van der Waals surface area contributed by atoms with Gasteiger partial charge in [-0.05, 0) is 37.3 Å². The molecule has 0 spiro atoms. The Morgan fingerprint density at radius 2 is 2.15 bits per heavy atom. The van der Waals surface area contributed by atoms with Crippen LogP contribution >= 0.6 is 0 Å². The van der Waals surface area contributed by atoms with Gasteiger partial charge in [-0.3, -0.25) is 0 Å². The van der Waals surface area contributed by atoms with E-state index in [-0.39, 0.29) is 11.7 Å². The van der Waals surface area contributed by atoms with E-state index in [1.54, 1.807) is 12.1 Å². The smallest absolute Gasteiger partial charge is 0.229 e. The molecule has 1 aromatic carbocycles. The third-order valence-corrected chi connectivity index (χ3v) is 4.04. The fourth-order valence-electron chi connectivity index (χ4n) is 2.50. The lowest BCUT2D eigenvalue weighted by Crippen LogP contribution is -2.44. The van der Waals surface area contributed by atoms with Crippen molar-refractivity contribution in [1.29, 1.82) is 0 Å². The Kier molecular flexibility index (Phi) is 3.30. The average Bonchev–Trinajstić information content (AvgIpc) is 2.88. The van der Waals surface area contributed by atoms with Crippen LogP contribution in [0.1, 0.15) is 49.4 Å². The highest BCUT2D eigenvalue weighted by molar-refractivity contribution is 5.19. The Hall–Kier alpha value is -1.75. The number of nitrogens with two attached hydrogens (primary N) is 1. The van der Waals surface area contributed by atoms with Crippen molar-refractivity contribution >= 4 is 0 Å². The van der Waals surface area contributed by atoms with Crippen LogP contribution in [0.15, 0.2) is 28.8 Å². The SMILES string of the molecule is CC(Cc1ccccc1F)c1nc(C2(N)CCC2)no1. The van der Waals surface area contributed by atoms with E-state index in [9.17, 15) is 4.39 Å². The van der Waals surface area contributed by atoms with Crippen molar-refractivity contribution in [3.05, 3.63) is 47.4 Å². The van der Waals surface area contributed by atoms with Gasteiger partial charge in [0.25, 0.3) is 0 Å². The van der Waals surface area contributed by atoms with Gasteiger partial charge < -0.3 is 10.3 Å². The molecule has 0 aliphatic heterocycles. The maximum atomic E-state index is 13.6. The summed E-state index contributed by atoms with van der Waals surface area (Å²) in [6.45, 7) is 1.95. The Morgan fingerprint density at radius 1 is 1.40 bits per heavy atom. The predicted molar refractivity (Wildman–Crippen MR) is 72.5 cm³/mol. The van der Waals surface area contributed by atoms with Crippen LogP contribution in [0.4, 0.5) is 4.39 Å². The molecule has 1 aliphatic carbocycles. The second kappa shape index (κ2) is 4.98. The van der Waals surface area contributed by atoms with Gasteiger partial charge in [-0.1, -0.05) is 30.3 Å². The lowest BCUT2D eigenvalue weighted by molar-refractivity contribution is 0.228. The molecule has 1 atom stereocenters. The van der Waals surface area contributed by atoms with Gasteiger partial charge in [0, 0.05) is 5.92 Å². The lowest BCUT2D eigenvalue weighted by atomic mass is 9.77. The van der Waals surface area contributed by atoms with Crippen molar-refractivity contribution in [1.82, 2.24) is 10.1 Å². The fraction of sp³-hybridized carbons (Fsp3) is 0.467. The first-order chi connectivity index (χ1) is 9.58. The maximum Gasteiger partial charge on any atom is 0.229 e. The minimum atomic E-state index is -0.417. The Balaban J connectivity index is 1.75. The van der Waals surface area contributed by atoms with Gasteiger partial charge >= 0.3 is 0 Å². The van der Waals surface area contributed by atoms with Gasteiger partial charge in [-0.2, -0.15) is 4.98 Å². The molecule has 2 N–H and O–H groups in total. The third kappa shape index (κ3) is 2.33. The third-order valence-electron chi connectivity index (χ3n) is 4.04. The highest BCUT2D eigenvalue weighted by Crippen LogP contribution is 2.37. The van der Waals surface area contributed by atoms with E-state index in [2.05, 4.69) is 10.1 Å². The van der Waals surface area contributed by atoms with Gasteiger partial charge in [0.1, 0.15) is 5.82 Å². The molecule has 1 aromatic heterocycles. The minimum Gasteiger partial charge on any atom is -0.339 e. The van der Waals surface area contributed by atoms with Gasteiger partial charge in [-0.15, -0.1) is 0 Å². The number of hydrogen-bond donors (Lipinski definition) is 1. The van der Waals surface area contributed by atoms with Crippen LogP contribution in [-0.2, 0) is 12.0 Å². The molecule has 1 saturated carbocycles. The maximum absolute atomic E-state index is 13.6. The topological polar surface area (TPSA) is 64.9 Å². The zero-order valence-corrected chi connectivity index (χ0v) is 11.5. The van der Waals surface area contributed by atoms with Gasteiger partial charge in [0.05, 0.1) is 5.54 Å². The molecule has 1 aliphatic rings. The van der Waals surface area contributed by atoms with Gasteiger partial charge in [-0.25, -0.2) is 4.39 Å². The summed E-state index contributed by atoms with van der Waals surface area (Å²) in [6.07, 6.45) is 3.43. The van der Waals surface area contributed by atoms with E-state index >= 15 is 0 Å². The van der Waals surface area contributed by atoms with Crippen LogP contribution < -0.4 is 5.73 Å². The van der Waals surface area contributed by atoms with Crippen molar-refractivity contribution in [3.8, 4) is 0 Å². The van der Waals surface area contributed by atoms with E-state index < -0.39 is 5.54 Å². The first-order valence-electron chi connectivity index (χ1n) is 6.95. The quantitative estimate of drug-likeness (QED) is 0.931. The molecular formula is C15H18FN3O. The number of hydrogen-bond acceptors (Lipinski definition) is 4. The number of benzene rings is 1. The Morgan fingerprint density at radius 3 is 2.80 bits per heavy atom. The van der Waals surface area contributed by atoms with Gasteiger partial charge in [0.15, 0.2) is 5.82 Å². The monoisotopic (exact) mass is 275 g/mol. The normalized spacial score (nSPS) is 18.6. The fourth-order valence-corrected chi connectivity index (χ4v) is 2.50. The number of halogens is 1. The molecule has 1 fully saturated rings. The van der Waals surface area contributed by atoms with E-state index in [1.807, 2.05) is 13.0 Å². The summed E-state index contributed by atoms with van der Waals surface area (Å²) in [5.74, 6) is 0.879. The van der Waals surface area contributed by atoms with Crippen LogP contribution in [0.25, 0.3) is 0 Å². The summed E-state index contributed by atoms with van der Waals surface area (Å²) in [4.78, 5) is 4.40. The first kappa shape index (κ1) is 13.2. The Bertz CT molecular complexity index is 607. The van der Waals surface area contributed by atoms with Crippen molar-refractivity contribution in [3.63, 3.8) is 0 Å². The van der Waals surface area contributed by atoms with Crippen LogP contribution in [0.5, 0.6) is 0 Å². The summed E-state index contributed by atoms with van der Waals surface area (Å²) in [7, 11) is 0. The van der Waals surface area contributed by atoms with E-state index in [0.717, 1.165) is 19.3 Å². The molecule has 5 heteroatoms. The average molecular weight is 275 g/mol.